The number of amides is 2. The molecule has 1 atom stereocenters. The smallest absolute Gasteiger partial charge is 0.409 e. The molecule has 0 radical (unpaired) electrons. The van der Waals surface area contributed by atoms with Gasteiger partial charge >= 0.3 is 12.3 Å². The lowest BCUT2D eigenvalue weighted by Crippen LogP contribution is -2.58. The molecule has 1 unspecified atom stereocenters. The third kappa shape index (κ3) is 2.78. The van der Waals surface area contributed by atoms with Crippen LogP contribution in [-0.4, -0.2) is 74.4 Å². The van der Waals surface area contributed by atoms with Crippen molar-refractivity contribution in [1.82, 2.24) is 15.1 Å². The van der Waals surface area contributed by atoms with E-state index >= 15 is 0 Å². The fourth-order valence-corrected chi connectivity index (χ4v) is 2.76. The molecule has 9 heteroatoms. The number of rotatable bonds is 1. The third-order valence-corrected chi connectivity index (χ3v) is 4.11. The van der Waals surface area contributed by atoms with Crippen LogP contribution in [0.25, 0.3) is 0 Å². The minimum Gasteiger partial charge on any atom is -0.453 e. The van der Waals surface area contributed by atoms with Crippen LogP contribution in [0.2, 0.25) is 0 Å². The van der Waals surface area contributed by atoms with Crippen LogP contribution in [0.1, 0.15) is 6.42 Å². The summed E-state index contributed by atoms with van der Waals surface area (Å²) in [4.78, 5) is 26.2. The summed E-state index contributed by atoms with van der Waals surface area (Å²) < 4.78 is 44.5. The van der Waals surface area contributed by atoms with Gasteiger partial charge in [-0.2, -0.15) is 13.2 Å². The predicted octanol–water partition coefficient (Wildman–Crippen LogP) is 0.439. The Bertz CT molecular complexity index is 414. The van der Waals surface area contributed by atoms with Crippen molar-refractivity contribution < 1.29 is 27.5 Å². The summed E-state index contributed by atoms with van der Waals surface area (Å²) in [6.07, 6.45) is -5.35. The maximum absolute atomic E-state index is 13.3. The van der Waals surface area contributed by atoms with E-state index in [1.807, 2.05) is 0 Å². The van der Waals surface area contributed by atoms with Crippen LogP contribution < -0.4 is 5.32 Å². The molecular weight excluding hydrogens is 291 g/mol. The Kier molecular flexibility index (Phi) is 4.31. The summed E-state index contributed by atoms with van der Waals surface area (Å²) in [5, 5.41) is 2.62. The quantitative estimate of drug-likeness (QED) is 0.763. The van der Waals surface area contributed by atoms with E-state index in [0.29, 0.717) is 0 Å². The van der Waals surface area contributed by atoms with E-state index in [4.69, 9.17) is 0 Å². The molecule has 2 fully saturated rings. The Morgan fingerprint density at radius 3 is 2.14 bits per heavy atom. The van der Waals surface area contributed by atoms with Crippen molar-refractivity contribution in [2.24, 2.45) is 5.41 Å². The number of methoxy groups -OCH3 is 1. The van der Waals surface area contributed by atoms with Crippen molar-refractivity contribution in [2.75, 3.05) is 46.4 Å². The second kappa shape index (κ2) is 5.70. The molecule has 2 amide bonds. The zero-order valence-electron chi connectivity index (χ0n) is 11.7. The molecule has 0 aromatic rings. The zero-order chi connectivity index (χ0) is 15.7. The summed E-state index contributed by atoms with van der Waals surface area (Å²) in [5.41, 5.74) is -2.33. The average molecular weight is 309 g/mol. The van der Waals surface area contributed by atoms with E-state index in [1.54, 1.807) is 0 Å². The molecule has 2 aliphatic rings. The number of halogens is 3. The molecule has 1 N–H and O–H groups in total. The van der Waals surface area contributed by atoms with Crippen molar-refractivity contribution in [2.45, 2.75) is 12.6 Å². The fourth-order valence-electron chi connectivity index (χ4n) is 2.76. The van der Waals surface area contributed by atoms with Crippen molar-refractivity contribution in [3.63, 3.8) is 0 Å². The number of ether oxygens (including phenoxy) is 1. The molecule has 0 bridgehead atoms. The van der Waals surface area contributed by atoms with Gasteiger partial charge in [-0.05, 0) is 13.0 Å². The second-order valence-corrected chi connectivity index (χ2v) is 5.26. The number of piperazine rings is 1. The van der Waals surface area contributed by atoms with E-state index in [-0.39, 0.29) is 45.7 Å². The Labute approximate surface area is 120 Å². The Hall–Kier alpha value is -1.51. The van der Waals surface area contributed by atoms with Crippen molar-refractivity contribution in [3.05, 3.63) is 0 Å². The van der Waals surface area contributed by atoms with Gasteiger partial charge in [0.25, 0.3) is 0 Å². The summed E-state index contributed by atoms with van der Waals surface area (Å²) in [7, 11) is 1.24. The first-order valence-electron chi connectivity index (χ1n) is 6.71. The number of carbonyl (C=O) groups is 2. The van der Waals surface area contributed by atoms with Crippen LogP contribution >= 0.6 is 0 Å². The van der Waals surface area contributed by atoms with Crippen molar-refractivity contribution in [3.8, 4) is 0 Å². The first kappa shape index (κ1) is 15.9. The normalized spacial score (nSPS) is 26.9. The van der Waals surface area contributed by atoms with Crippen LogP contribution in [-0.2, 0) is 9.53 Å². The van der Waals surface area contributed by atoms with Crippen LogP contribution in [0.5, 0.6) is 0 Å². The molecule has 0 saturated carbocycles. The molecular formula is C12H18F3N3O3. The van der Waals surface area contributed by atoms with E-state index in [9.17, 15) is 22.8 Å². The number of hydrogen-bond acceptors (Lipinski definition) is 4. The highest BCUT2D eigenvalue weighted by molar-refractivity contribution is 5.84. The average Bonchev–Trinajstić information content (AvgIpc) is 2.96. The van der Waals surface area contributed by atoms with Gasteiger partial charge in [0.2, 0.25) is 5.91 Å². The molecule has 120 valence electrons. The standard InChI is InChI=1S/C12H18F3N3O3/c1-21-10(20)18-6-4-17(5-7-18)9(19)11(12(13,14)15)2-3-16-8-11/h16H,2-8H2,1H3. The van der Waals surface area contributed by atoms with Gasteiger partial charge in [0.15, 0.2) is 5.41 Å². The second-order valence-electron chi connectivity index (χ2n) is 5.26. The number of alkyl halides is 3. The number of carbonyl (C=O) groups excluding carboxylic acids is 2. The van der Waals surface area contributed by atoms with Crippen LogP contribution in [0, 0.1) is 5.41 Å². The van der Waals surface area contributed by atoms with E-state index in [2.05, 4.69) is 10.1 Å². The maximum atomic E-state index is 13.3. The van der Waals surface area contributed by atoms with Crippen LogP contribution in [0.3, 0.4) is 0 Å². The summed E-state index contributed by atoms with van der Waals surface area (Å²) in [5.74, 6) is -0.899. The van der Waals surface area contributed by atoms with Crippen molar-refractivity contribution in [1.29, 1.82) is 0 Å². The highest BCUT2D eigenvalue weighted by atomic mass is 19.4. The van der Waals surface area contributed by atoms with E-state index in [1.165, 1.54) is 16.9 Å². The van der Waals surface area contributed by atoms with Crippen LogP contribution in [0.4, 0.5) is 18.0 Å². The van der Waals surface area contributed by atoms with Gasteiger partial charge in [-0.15, -0.1) is 0 Å². The number of hydrogen-bond donors (Lipinski definition) is 1. The topological polar surface area (TPSA) is 61.9 Å². The summed E-state index contributed by atoms with van der Waals surface area (Å²) in [6, 6.07) is 0. The monoisotopic (exact) mass is 309 g/mol. The van der Waals surface area contributed by atoms with Crippen molar-refractivity contribution >= 4 is 12.0 Å². The molecule has 2 saturated heterocycles. The lowest BCUT2D eigenvalue weighted by atomic mass is 9.84. The predicted molar refractivity (Wildman–Crippen MR) is 66.5 cm³/mol. The third-order valence-electron chi connectivity index (χ3n) is 4.11. The molecule has 6 nitrogen and oxygen atoms in total. The van der Waals surface area contributed by atoms with E-state index < -0.39 is 23.6 Å². The van der Waals surface area contributed by atoms with Crippen LogP contribution in [0.15, 0.2) is 0 Å². The van der Waals surface area contributed by atoms with Gasteiger partial charge in [0.1, 0.15) is 0 Å². The highest BCUT2D eigenvalue weighted by Gasteiger charge is 2.62. The number of nitrogens with zero attached hydrogens (tertiary/aromatic N) is 2. The van der Waals surface area contributed by atoms with Gasteiger partial charge < -0.3 is 19.9 Å². The molecule has 2 heterocycles. The molecule has 0 aromatic carbocycles. The molecule has 21 heavy (non-hydrogen) atoms. The Balaban J connectivity index is 2.05. The molecule has 0 aliphatic carbocycles. The first-order chi connectivity index (χ1) is 9.82. The lowest BCUT2D eigenvalue weighted by molar-refractivity contribution is -0.222. The molecule has 2 aliphatic heterocycles. The van der Waals surface area contributed by atoms with Gasteiger partial charge in [0, 0.05) is 32.7 Å². The lowest BCUT2D eigenvalue weighted by Gasteiger charge is -2.39. The summed E-state index contributed by atoms with van der Waals surface area (Å²) >= 11 is 0. The highest BCUT2D eigenvalue weighted by Crippen LogP contribution is 2.44. The van der Waals surface area contributed by atoms with Gasteiger partial charge in [0.05, 0.1) is 7.11 Å². The SMILES string of the molecule is COC(=O)N1CCN(C(=O)C2(C(F)(F)F)CCNC2)CC1. The molecule has 0 spiro atoms. The Morgan fingerprint density at radius 2 is 1.71 bits per heavy atom. The van der Waals surface area contributed by atoms with Gasteiger partial charge in [-0.1, -0.05) is 0 Å². The van der Waals surface area contributed by atoms with Gasteiger partial charge in [-0.25, -0.2) is 4.79 Å². The summed E-state index contributed by atoms with van der Waals surface area (Å²) in [6.45, 7) is 0.330. The zero-order valence-corrected chi connectivity index (χ0v) is 11.7. The first-order valence-corrected chi connectivity index (χ1v) is 6.71. The minimum atomic E-state index is -4.58. The Morgan fingerprint density at radius 1 is 1.14 bits per heavy atom. The van der Waals surface area contributed by atoms with E-state index in [0.717, 1.165) is 0 Å². The maximum Gasteiger partial charge on any atom is 0.409 e. The molecule has 0 aromatic heterocycles. The fraction of sp³-hybridized carbons (Fsp3) is 0.833. The molecule has 2 rings (SSSR count). The minimum absolute atomic E-state index is 0.0891. The van der Waals surface area contributed by atoms with Gasteiger partial charge in [-0.3, -0.25) is 4.79 Å². The number of nitrogens with one attached hydrogen (secondary N) is 1. The largest absolute Gasteiger partial charge is 0.453 e.